The number of nitrogens with zero attached hydrogens (tertiary/aromatic N) is 1. The minimum absolute atomic E-state index is 0.207. The predicted molar refractivity (Wildman–Crippen MR) is 74.3 cm³/mol. The molecule has 7 heteroatoms. The summed E-state index contributed by atoms with van der Waals surface area (Å²) in [5.41, 5.74) is -0.723. The molecular weight excluding hydrogens is 300 g/mol. The number of hydrogen-bond acceptors (Lipinski definition) is 3. The Morgan fingerprint density at radius 3 is 2.36 bits per heavy atom. The molecule has 0 aliphatic carbocycles. The van der Waals surface area contributed by atoms with Crippen LogP contribution in [0.5, 0.6) is 5.75 Å². The van der Waals surface area contributed by atoms with Crippen molar-refractivity contribution in [1.29, 1.82) is 0 Å². The van der Waals surface area contributed by atoms with Crippen LogP contribution in [0.2, 0.25) is 0 Å². The SMILES string of the molecule is COc1ccc(CNc2ncc(C(F)(F)F)c(C)c2F)cc1. The Balaban J connectivity index is 2.14. The van der Waals surface area contributed by atoms with Crippen molar-refractivity contribution in [2.45, 2.75) is 19.6 Å². The first-order valence-corrected chi connectivity index (χ1v) is 6.42. The van der Waals surface area contributed by atoms with Crippen LogP contribution in [-0.4, -0.2) is 12.1 Å². The summed E-state index contributed by atoms with van der Waals surface area (Å²) in [5.74, 6) is -0.525. The van der Waals surface area contributed by atoms with Crippen LogP contribution in [0.4, 0.5) is 23.4 Å². The van der Waals surface area contributed by atoms with Gasteiger partial charge in [-0.05, 0) is 24.6 Å². The summed E-state index contributed by atoms with van der Waals surface area (Å²) in [6.07, 6.45) is -3.98. The van der Waals surface area contributed by atoms with Gasteiger partial charge in [0.05, 0.1) is 12.7 Å². The molecule has 1 heterocycles. The van der Waals surface area contributed by atoms with E-state index in [9.17, 15) is 17.6 Å². The highest BCUT2D eigenvalue weighted by Gasteiger charge is 2.34. The molecule has 0 saturated carbocycles. The van der Waals surface area contributed by atoms with E-state index in [1.54, 1.807) is 24.3 Å². The summed E-state index contributed by atoms with van der Waals surface area (Å²) in [7, 11) is 1.54. The maximum Gasteiger partial charge on any atom is 0.418 e. The lowest BCUT2D eigenvalue weighted by atomic mass is 10.1. The van der Waals surface area contributed by atoms with Gasteiger partial charge >= 0.3 is 6.18 Å². The molecule has 0 aliphatic rings. The van der Waals surface area contributed by atoms with Crippen molar-refractivity contribution in [3.63, 3.8) is 0 Å². The molecule has 2 aromatic rings. The molecule has 0 atom stereocenters. The first-order chi connectivity index (χ1) is 10.3. The zero-order chi connectivity index (χ0) is 16.3. The number of aromatic nitrogens is 1. The second kappa shape index (κ2) is 6.21. The van der Waals surface area contributed by atoms with Crippen molar-refractivity contribution in [2.75, 3.05) is 12.4 Å². The van der Waals surface area contributed by atoms with Crippen molar-refractivity contribution in [3.05, 3.63) is 53.0 Å². The molecule has 1 N–H and O–H groups in total. The van der Waals surface area contributed by atoms with Gasteiger partial charge in [-0.2, -0.15) is 13.2 Å². The molecule has 1 aromatic heterocycles. The lowest BCUT2D eigenvalue weighted by Gasteiger charge is -2.13. The highest BCUT2D eigenvalue weighted by molar-refractivity contribution is 5.44. The van der Waals surface area contributed by atoms with Crippen molar-refractivity contribution in [1.82, 2.24) is 4.98 Å². The third kappa shape index (κ3) is 3.47. The zero-order valence-corrected chi connectivity index (χ0v) is 12.0. The van der Waals surface area contributed by atoms with Crippen molar-refractivity contribution in [3.8, 4) is 5.75 Å². The predicted octanol–water partition coefficient (Wildman–Crippen LogP) is 4.17. The number of pyridine rings is 1. The Hall–Kier alpha value is -2.31. The second-order valence-electron chi connectivity index (χ2n) is 4.66. The molecule has 2 rings (SSSR count). The molecule has 22 heavy (non-hydrogen) atoms. The molecule has 0 spiro atoms. The Kier molecular flexibility index (Phi) is 4.54. The van der Waals surface area contributed by atoms with Gasteiger partial charge in [0, 0.05) is 18.3 Å². The smallest absolute Gasteiger partial charge is 0.418 e. The summed E-state index contributed by atoms with van der Waals surface area (Å²) in [4.78, 5) is 3.52. The van der Waals surface area contributed by atoms with Crippen LogP contribution in [0.15, 0.2) is 30.5 Å². The number of nitrogens with one attached hydrogen (secondary N) is 1. The van der Waals surface area contributed by atoms with Gasteiger partial charge in [0.25, 0.3) is 0 Å². The number of alkyl halides is 3. The normalized spacial score (nSPS) is 11.4. The summed E-state index contributed by atoms with van der Waals surface area (Å²) < 4.78 is 56.9. The van der Waals surface area contributed by atoms with E-state index >= 15 is 0 Å². The van der Waals surface area contributed by atoms with Crippen LogP contribution in [0, 0.1) is 12.7 Å². The number of methoxy groups -OCH3 is 1. The van der Waals surface area contributed by atoms with Gasteiger partial charge < -0.3 is 10.1 Å². The van der Waals surface area contributed by atoms with E-state index in [4.69, 9.17) is 4.74 Å². The standard InChI is InChI=1S/C15H14F4N2O/c1-9-12(15(17,18)19)8-21-14(13(9)16)20-7-10-3-5-11(22-2)6-4-10/h3-6,8H,7H2,1-2H3,(H,20,21). The quantitative estimate of drug-likeness (QED) is 0.860. The Labute approximate surface area is 124 Å². The first-order valence-electron chi connectivity index (χ1n) is 6.42. The summed E-state index contributed by atoms with van der Waals surface area (Å²) >= 11 is 0. The number of rotatable bonds is 4. The molecule has 0 amide bonds. The van der Waals surface area contributed by atoms with E-state index in [1.807, 2.05) is 0 Å². The molecule has 0 saturated heterocycles. The van der Waals surface area contributed by atoms with E-state index in [2.05, 4.69) is 10.3 Å². The van der Waals surface area contributed by atoms with Crippen LogP contribution in [-0.2, 0) is 12.7 Å². The maximum atomic E-state index is 14.0. The summed E-state index contributed by atoms with van der Waals surface area (Å²) in [5, 5.41) is 2.69. The van der Waals surface area contributed by atoms with Crippen LogP contribution in [0.25, 0.3) is 0 Å². The van der Waals surface area contributed by atoms with Gasteiger partial charge in [-0.1, -0.05) is 12.1 Å². The first kappa shape index (κ1) is 16.1. The van der Waals surface area contributed by atoms with E-state index in [0.29, 0.717) is 11.9 Å². The summed E-state index contributed by atoms with van der Waals surface area (Å²) in [6.45, 7) is 1.32. The molecule has 0 fully saturated rings. The van der Waals surface area contributed by atoms with Crippen LogP contribution in [0.3, 0.4) is 0 Å². The van der Waals surface area contributed by atoms with Crippen LogP contribution in [0.1, 0.15) is 16.7 Å². The maximum absolute atomic E-state index is 14.0. The molecule has 0 unspecified atom stereocenters. The number of ether oxygens (including phenoxy) is 1. The lowest BCUT2D eigenvalue weighted by molar-refractivity contribution is -0.138. The minimum Gasteiger partial charge on any atom is -0.497 e. The largest absolute Gasteiger partial charge is 0.497 e. The Bertz CT molecular complexity index is 654. The van der Waals surface area contributed by atoms with Crippen molar-refractivity contribution >= 4 is 5.82 Å². The lowest BCUT2D eigenvalue weighted by Crippen LogP contribution is -2.12. The second-order valence-corrected chi connectivity index (χ2v) is 4.66. The zero-order valence-electron chi connectivity index (χ0n) is 12.0. The fourth-order valence-corrected chi connectivity index (χ4v) is 1.92. The van der Waals surface area contributed by atoms with Gasteiger partial charge in [-0.25, -0.2) is 9.37 Å². The molecular formula is C15H14F4N2O. The van der Waals surface area contributed by atoms with E-state index in [1.165, 1.54) is 7.11 Å². The molecule has 0 radical (unpaired) electrons. The molecule has 1 aromatic carbocycles. The van der Waals surface area contributed by atoms with E-state index in [0.717, 1.165) is 12.5 Å². The van der Waals surface area contributed by atoms with E-state index < -0.39 is 23.1 Å². The average molecular weight is 314 g/mol. The molecule has 0 aliphatic heterocycles. The minimum atomic E-state index is -4.62. The highest BCUT2D eigenvalue weighted by Crippen LogP contribution is 2.33. The van der Waals surface area contributed by atoms with Crippen molar-refractivity contribution < 1.29 is 22.3 Å². The van der Waals surface area contributed by atoms with Gasteiger partial charge in [0.2, 0.25) is 0 Å². The fraction of sp³-hybridized carbons (Fsp3) is 0.267. The van der Waals surface area contributed by atoms with Crippen LogP contribution >= 0.6 is 0 Å². The molecule has 3 nitrogen and oxygen atoms in total. The monoisotopic (exact) mass is 314 g/mol. The Morgan fingerprint density at radius 2 is 1.82 bits per heavy atom. The van der Waals surface area contributed by atoms with Crippen molar-refractivity contribution in [2.24, 2.45) is 0 Å². The van der Waals surface area contributed by atoms with Gasteiger partial charge in [-0.15, -0.1) is 0 Å². The topological polar surface area (TPSA) is 34.1 Å². The number of halogens is 4. The van der Waals surface area contributed by atoms with E-state index in [-0.39, 0.29) is 12.4 Å². The molecule has 0 bridgehead atoms. The highest BCUT2D eigenvalue weighted by atomic mass is 19.4. The van der Waals surface area contributed by atoms with Gasteiger partial charge in [0.15, 0.2) is 11.6 Å². The van der Waals surface area contributed by atoms with Crippen LogP contribution < -0.4 is 10.1 Å². The Morgan fingerprint density at radius 1 is 1.18 bits per heavy atom. The fourth-order valence-electron chi connectivity index (χ4n) is 1.92. The van der Waals surface area contributed by atoms with Gasteiger partial charge in [-0.3, -0.25) is 0 Å². The average Bonchev–Trinajstić information content (AvgIpc) is 2.48. The number of benzene rings is 1. The van der Waals surface area contributed by atoms with Gasteiger partial charge in [0.1, 0.15) is 5.75 Å². The molecule has 118 valence electrons. The third-order valence-electron chi connectivity index (χ3n) is 3.19. The third-order valence-corrected chi connectivity index (χ3v) is 3.19. The number of hydrogen-bond donors (Lipinski definition) is 1. The summed E-state index contributed by atoms with van der Waals surface area (Å²) in [6, 6.07) is 7.00. The number of anilines is 1.